The summed E-state index contributed by atoms with van der Waals surface area (Å²) in [6.45, 7) is 1.91. The number of unbranched alkanes of at least 4 members (excludes halogenated alkanes) is 5. The normalized spacial score (nSPS) is 25.6. The molecule has 3 aliphatic rings. The molecule has 3 aliphatic carbocycles. The number of aliphatic carboxylic acids is 3. The topological polar surface area (TPSA) is 312 Å². The minimum Gasteiger partial charge on any atom is -0.491 e. The minimum atomic E-state index is -4.49. The summed E-state index contributed by atoms with van der Waals surface area (Å²) in [6, 6.07) is 11.3. The Bertz CT molecular complexity index is 2460. The molecule has 3 fully saturated rings. The van der Waals surface area contributed by atoms with Crippen molar-refractivity contribution in [3.05, 3.63) is 132 Å². The van der Waals surface area contributed by atoms with Gasteiger partial charge in [-0.1, -0.05) is 123 Å². The van der Waals surface area contributed by atoms with Crippen molar-refractivity contribution in [3.8, 4) is 11.5 Å². The van der Waals surface area contributed by atoms with E-state index in [0.717, 1.165) is 37.8 Å². The lowest BCUT2D eigenvalue weighted by molar-refractivity contribution is -0.138. The van der Waals surface area contributed by atoms with Crippen LogP contribution in [0.2, 0.25) is 5.02 Å². The van der Waals surface area contributed by atoms with Crippen molar-refractivity contribution >= 4 is 66.7 Å². The molecule has 5 rings (SSSR count). The Balaban J connectivity index is 0.000000447. The maximum atomic E-state index is 12.8. The Hall–Kier alpha value is -3.93. The summed E-state index contributed by atoms with van der Waals surface area (Å²) in [7, 11) is 0. The van der Waals surface area contributed by atoms with Crippen molar-refractivity contribution in [2.24, 2.45) is 35.5 Å². The largest absolute Gasteiger partial charge is 0.491 e. The van der Waals surface area contributed by atoms with E-state index in [1.807, 2.05) is 42.5 Å². The monoisotopic (exact) mass is 1490 g/mol. The predicted octanol–water partition coefficient (Wildman–Crippen LogP) is 11.6. The zero-order valence-electron chi connectivity index (χ0n) is 49.7. The summed E-state index contributed by atoms with van der Waals surface area (Å²) in [6.07, 6.45) is 21.0. The number of allylic oxidation sites excluding steroid dienone is 6. The lowest BCUT2D eigenvalue weighted by Crippen LogP contribution is -2.21. The van der Waals surface area contributed by atoms with E-state index in [1.165, 1.54) is 18.2 Å². The third kappa shape index (κ3) is 33.4. The number of ether oxygens (including phenoxy) is 2. The fourth-order valence-corrected chi connectivity index (χ4v) is 10.8. The maximum absolute atomic E-state index is 12.8. The summed E-state index contributed by atoms with van der Waals surface area (Å²) in [5, 5.41) is 118. The van der Waals surface area contributed by atoms with Gasteiger partial charge in [-0.05, 0) is 118 Å². The Labute approximate surface area is 543 Å². The Morgan fingerprint density at radius 3 is 1.26 bits per heavy atom. The molecule has 12 N–H and O–H groups in total. The minimum absolute atomic E-state index is 0.0190. The Kier molecular flexibility index (Phi) is 41.3. The van der Waals surface area contributed by atoms with Crippen LogP contribution in [0, 0.1) is 35.5 Å². The summed E-state index contributed by atoms with van der Waals surface area (Å²) in [5.41, 5.74) is -0.845. The lowest BCUT2D eigenvalue weighted by Gasteiger charge is -2.19. The molecule has 0 aliphatic heterocycles. The first kappa shape index (κ1) is 80.2. The van der Waals surface area contributed by atoms with Crippen molar-refractivity contribution in [1.82, 2.24) is 0 Å². The van der Waals surface area contributed by atoms with Crippen molar-refractivity contribution < 1.29 is 98.3 Å². The first-order valence-corrected chi connectivity index (χ1v) is 36.7. The van der Waals surface area contributed by atoms with Gasteiger partial charge in [0, 0.05) is 98.5 Å². The molecule has 3 saturated carbocycles. The van der Waals surface area contributed by atoms with Crippen LogP contribution in [0.4, 0.5) is 13.2 Å². The molecule has 0 bridgehead atoms. The van der Waals surface area contributed by atoms with Crippen LogP contribution in [0.1, 0.15) is 134 Å². The van der Waals surface area contributed by atoms with Crippen LogP contribution in [0.5, 0.6) is 11.5 Å². The molecule has 0 spiro atoms. The van der Waals surface area contributed by atoms with Gasteiger partial charge in [-0.25, -0.2) is 0 Å². The van der Waals surface area contributed by atoms with Crippen LogP contribution < -0.4 is 9.47 Å². The number of aliphatic hydroxyl groups excluding tert-OH is 9. The van der Waals surface area contributed by atoms with E-state index in [2.05, 4.69) is 44.2 Å². The summed E-state index contributed by atoms with van der Waals surface area (Å²) in [5.74, 6) is -3.22. The first-order chi connectivity index (χ1) is 41.9. The highest BCUT2D eigenvalue weighted by Gasteiger charge is 2.41. The van der Waals surface area contributed by atoms with E-state index in [4.69, 9.17) is 36.4 Å². The van der Waals surface area contributed by atoms with E-state index in [9.17, 15) is 73.5 Å². The fourth-order valence-electron chi connectivity index (χ4n) is 10.6. The van der Waals surface area contributed by atoms with E-state index >= 15 is 0 Å². The second kappa shape index (κ2) is 45.4. The molecule has 15 atom stereocenters. The highest BCUT2D eigenvalue weighted by atomic mass is 128. The molecular weight excluding hydrogens is 1400 g/mol. The van der Waals surface area contributed by atoms with Crippen LogP contribution in [-0.2, 0) is 20.6 Å². The van der Waals surface area contributed by atoms with Gasteiger partial charge in [-0.3, -0.25) is 14.4 Å². The van der Waals surface area contributed by atoms with Gasteiger partial charge < -0.3 is 70.8 Å². The molecule has 2 aromatic rings. The average molecular weight is 1490 g/mol. The van der Waals surface area contributed by atoms with Crippen LogP contribution in [-0.4, -0.2) is 147 Å². The SMILES string of the molecule is CCCCCC(O)/C=C/[C@H]1C(O)CC(O)[C@@H]1C/C=C\CCCC(=O)O.II.O=C(O)CCC/C=C\C[C@H]1C(O)CC(O)[C@@H]1/C=C/C(O)COc1cccc(C(F)(F)F)c1.O=C(O)CCC/C=C\C[C@H]1C(O)CC(O)[C@@H]1/C=C/C(O)COc1cccc(Cl)c1. The van der Waals surface area contributed by atoms with E-state index in [1.54, 1.807) is 48.6 Å². The second-order valence-corrected chi connectivity index (χ2v) is 22.7. The third-order valence-corrected chi connectivity index (χ3v) is 15.6. The second-order valence-electron chi connectivity index (χ2n) is 22.3. The first-order valence-electron chi connectivity index (χ1n) is 30.0. The van der Waals surface area contributed by atoms with E-state index in [-0.39, 0.29) is 74.2 Å². The Morgan fingerprint density at radius 2 is 0.909 bits per heavy atom. The molecule has 0 amide bonds. The summed E-state index contributed by atoms with van der Waals surface area (Å²) in [4.78, 5) is 31.5. The van der Waals surface area contributed by atoms with E-state index in [0.29, 0.717) is 81.4 Å². The number of rotatable bonds is 34. The van der Waals surface area contributed by atoms with Crippen molar-refractivity contribution in [3.63, 3.8) is 0 Å². The van der Waals surface area contributed by atoms with Crippen molar-refractivity contribution in [2.75, 3.05) is 13.2 Å². The molecule has 88 heavy (non-hydrogen) atoms. The number of alkyl halides is 3. The highest BCUT2D eigenvalue weighted by molar-refractivity contribution is 15.0. The number of carboxylic acids is 3. The third-order valence-electron chi connectivity index (χ3n) is 15.3. The quantitative estimate of drug-likeness (QED) is 0.0176. The molecule has 23 heteroatoms. The molecule has 0 radical (unpaired) electrons. The highest BCUT2D eigenvalue weighted by Crippen LogP contribution is 2.39. The van der Waals surface area contributed by atoms with Gasteiger partial charge in [-0.2, -0.15) is 13.2 Å². The molecule has 0 heterocycles. The van der Waals surface area contributed by atoms with Gasteiger partial charge in [-0.15, -0.1) is 0 Å². The zero-order chi connectivity index (χ0) is 65.6. The smallest absolute Gasteiger partial charge is 0.416 e. The number of carbonyl (C=O) groups is 3. The summed E-state index contributed by atoms with van der Waals surface area (Å²) < 4.78 is 49.0. The van der Waals surface area contributed by atoms with Crippen molar-refractivity contribution in [2.45, 2.75) is 190 Å². The lowest BCUT2D eigenvalue weighted by atomic mass is 9.89. The fraction of sp³-hybridized carbons (Fsp3) is 0.585. The number of aliphatic hydroxyl groups is 9. The molecular formula is C65H92ClF3I2O17. The molecule has 0 aromatic heterocycles. The summed E-state index contributed by atoms with van der Waals surface area (Å²) >= 11 is 10.1. The van der Waals surface area contributed by atoms with Crippen molar-refractivity contribution in [1.29, 1.82) is 0 Å². The number of carboxylic acid groups (broad SMARTS) is 3. The maximum Gasteiger partial charge on any atom is 0.416 e. The van der Waals surface area contributed by atoms with Gasteiger partial charge >= 0.3 is 24.1 Å². The number of hydrogen-bond donors (Lipinski definition) is 12. The van der Waals surface area contributed by atoms with Gasteiger partial charge in [0.25, 0.3) is 0 Å². The van der Waals surface area contributed by atoms with Crippen LogP contribution in [0.25, 0.3) is 0 Å². The number of hydrogen-bond acceptors (Lipinski definition) is 14. The van der Waals surface area contributed by atoms with E-state index < -0.39 is 90.5 Å². The molecule has 17 nitrogen and oxygen atoms in total. The van der Waals surface area contributed by atoms with Crippen LogP contribution >= 0.6 is 48.8 Å². The van der Waals surface area contributed by atoms with Gasteiger partial charge in [0.1, 0.15) is 36.9 Å². The molecule has 9 unspecified atom stereocenters. The van der Waals surface area contributed by atoms with Gasteiger partial charge in [0.2, 0.25) is 0 Å². The zero-order valence-corrected chi connectivity index (χ0v) is 54.8. The predicted molar refractivity (Wildman–Crippen MR) is 348 cm³/mol. The average Bonchev–Trinajstić information content (AvgIpc) is 3.03. The van der Waals surface area contributed by atoms with Crippen LogP contribution in [0.3, 0.4) is 0 Å². The number of halogens is 6. The van der Waals surface area contributed by atoms with Gasteiger partial charge in [0.15, 0.2) is 0 Å². The number of benzene rings is 2. The Morgan fingerprint density at radius 1 is 0.545 bits per heavy atom. The molecule has 2 aromatic carbocycles. The van der Waals surface area contributed by atoms with Crippen LogP contribution in [0.15, 0.2) is 121 Å². The molecule has 496 valence electrons. The standard InChI is InChI=1S/C23H29F3O6.C22H29ClO6.C20H34O5.I2/c24-23(25,26)15-6-5-7-17(12-15)32-14-16(27)10-11-19-18(20(28)13-21(19)29)8-3-1-2-4-9-22(30)31;23-15-6-5-7-17(12-15)29-14-16(24)10-11-19-18(20(25)13-21(19)26)8-3-1-2-4-9-22(27)28;1-2-3-6-9-15(21)12-13-17-16(18(22)14-19(17)23)10-7-4-5-8-11-20(24)25;1-2/h1,3,5-7,10-12,16,18-21,27-29H,2,4,8-9,13-14H2,(H,30,31);1,3,5-7,10-12,16,18-21,24-26H,2,4,8-9,13-14H2,(H,27,28);4,7,12-13,15-19,21-23H,2-3,5-6,8-11,14H2,1H3,(H,24,25);/b2*3-1-,11-10+;7-4-,13-12+;/t2*16?,18-,19-,20?,21?;15?,16-,17-,18?,19?;/m111./s1. The molecule has 0 saturated heterocycles. The van der Waals surface area contributed by atoms with Gasteiger partial charge in [0.05, 0.1) is 48.3 Å².